The van der Waals surface area contributed by atoms with E-state index in [1.54, 1.807) is 42.1 Å². The number of benzene rings is 1. The molecule has 2 atom stereocenters. The fourth-order valence-electron chi connectivity index (χ4n) is 5.69. The number of hydrogen-bond donors (Lipinski definition) is 1. The number of rotatable bonds is 4. The fourth-order valence-corrected chi connectivity index (χ4v) is 5.69. The van der Waals surface area contributed by atoms with E-state index in [1.165, 1.54) is 0 Å². The van der Waals surface area contributed by atoms with Crippen LogP contribution in [0.25, 0.3) is 0 Å². The predicted octanol–water partition coefficient (Wildman–Crippen LogP) is 4.27. The molecule has 0 radical (unpaired) electrons. The summed E-state index contributed by atoms with van der Waals surface area (Å²) in [4.78, 5) is 28.3. The number of nitrogens with one attached hydrogen (secondary N) is 1. The summed E-state index contributed by atoms with van der Waals surface area (Å²) < 4.78 is 1.61. The molecule has 2 unspecified atom stereocenters. The topological polar surface area (TPSA) is 91.9 Å². The third kappa shape index (κ3) is 3.31. The average Bonchev–Trinajstić information content (AvgIpc) is 3.45. The highest BCUT2D eigenvalue weighted by molar-refractivity contribution is 6.05. The lowest BCUT2D eigenvalue weighted by molar-refractivity contribution is -0.119. The number of nitrogens with zero attached hydrogens (tertiary/aromatic N) is 5. The molecule has 8 heteroatoms. The first-order valence-electron chi connectivity index (χ1n) is 11.7. The zero-order valence-electron chi connectivity index (χ0n) is 20.3. The minimum absolute atomic E-state index is 0.115. The summed E-state index contributed by atoms with van der Waals surface area (Å²) in [7, 11) is 3.54. The van der Waals surface area contributed by atoms with Crippen LogP contribution >= 0.6 is 0 Å². The standard InChI is InChI=1S/C26H30N6O2/c1-6-26(16-8-7-9-17(12-16)32(5)24(34)19-10-11-31(4)30-19)18-15-27-29-23(18)28-20-13-25(2,3)14-21(33)22(20)26/h7-12,15,23,28H,6,13-14H2,1-5H3. The minimum Gasteiger partial charge on any atom is -0.362 e. The zero-order chi connectivity index (χ0) is 24.3. The van der Waals surface area contributed by atoms with Gasteiger partial charge in [0, 0.05) is 49.2 Å². The Morgan fingerprint density at radius 3 is 2.76 bits per heavy atom. The van der Waals surface area contributed by atoms with Gasteiger partial charge in [-0.15, -0.1) is 0 Å². The highest BCUT2D eigenvalue weighted by Crippen LogP contribution is 2.54. The van der Waals surface area contributed by atoms with Crippen molar-refractivity contribution in [2.45, 2.75) is 51.6 Å². The molecule has 1 aromatic heterocycles. The van der Waals surface area contributed by atoms with E-state index in [-0.39, 0.29) is 23.3 Å². The number of hydrogen-bond acceptors (Lipinski definition) is 6. The third-order valence-electron chi connectivity index (χ3n) is 7.27. The minimum atomic E-state index is -0.646. The summed E-state index contributed by atoms with van der Waals surface area (Å²) in [6.45, 7) is 6.36. The Labute approximate surface area is 199 Å². The number of fused-ring (bicyclic) bond motifs is 1. The number of carbonyl (C=O) groups is 2. The molecule has 0 spiro atoms. The second-order valence-electron chi connectivity index (χ2n) is 10.2. The monoisotopic (exact) mass is 458 g/mol. The van der Waals surface area contributed by atoms with Crippen LogP contribution in [0.4, 0.5) is 5.69 Å². The van der Waals surface area contributed by atoms with Gasteiger partial charge < -0.3 is 10.2 Å². The van der Waals surface area contributed by atoms with Crippen LogP contribution in [0.2, 0.25) is 0 Å². The molecule has 0 saturated heterocycles. The van der Waals surface area contributed by atoms with Crippen molar-refractivity contribution in [1.29, 1.82) is 0 Å². The number of allylic oxidation sites excluding steroid dienone is 2. The van der Waals surface area contributed by atoms with Gasteiger partial charge in [-0.25, -0.2) is 0 Å². The van der Waals surface area contributed by atoms with E-state index < -0.39 is 5.41 Å². The van der Waals surface area contributed by atoms with Crippen molar-refractivity contribution in [3.63, 3.8) is 0 Å². The quantitative estimate of drug-likeness (QED) is 0.741. The Morgan fingerprint density at radius 2 is 2.06 bits per heavy atom. The second-order valence-corrected chi connectivity index (χ2v) is 10.2. The number of Topliss-reactive ketones (excluding diaryl/α,β-unsaturated/α-hetero) is 1. The van der Waals surface area contributed by atoms with E-state index in [4.69, 9.17) is 0 Å². The maximum atomic E-state index is 13.6. The number of azo groups is 1. The molecule has 1 aromatic carbocycles. The molecule has 0 bridgehead atoms. The maximum Gasteiger partial charge on any atom is 0.278 e. The lowest BCUT2D eigenvalue weighted by Gasteiger charge is -2.48. The predicted molar refractivity (Wildman–Crippen MR) is 129 cm³/mol. The molecule has 2 aromatic rings. The SMILES string of the molecule is CCC1(c2cccc(N(C)C(=O)c3ccn(C)n3)c2)C2=CN=NC2NC2=C1C(=O)CC(C)(C)C2. The fraction of sp³-hybridized carbons (Fsp3) is 0.423. The van der Waals surface area contributed by atoms with Crippen LogP contribution in [0.3, 0.4) is 0 Å². The summed E-state index contributed by atoms with van der Waals surface area (Å²) in [5.41, 5.74) is 4.11. The van der Waals surface area contributed by atoms with Gasteiger partial charge in [0.25, 0.3) is 5.91 Å². The molecule has 2 aliphatic heterocycles. The molecule has 176 valence electrons. The molecule has 8 nitrogen and oxygen atoms in total. The van der Waals surface area contributed by atoms with Crippen LogP contribution in [-0.4, -0.2) is 34.7 Å². The molecule has 1 aliphatic carbocycles. The number of aromatic nitrogens is 2. The molecule has 0 saturated carbocycles. The molecule has 0 fully saturated rings. The van der Waals surface area contributed by atoms with Crippen LogP contribution < -0.4 is 10.2 Å². The first kappa shape index (κ1) is 22.3. The summed E-state index contributed by atoms with van der Waals surface area (Å²) in [6.07, 6.45) is 5.24. The maximum absolute atomic E-state index is 13.6. The smallest absolute Gasteiger partial charge is 0.278 e. The van der Waals surface area contributed by atoms with E-state index in [9.17, 15) is 9.59 Å². The Bertz CT molecular complexity index is 1280. The summed E-state index contributed by atoms with van der Waals surface area (Å²) in [6, 6.07) is 9.63. The molecular formula is C26H30N6O2. The van der Waals surface area contributed by atoms with E-state index in [1.807, 2.05) is 24.3 Å². The van der Waals surface area contributed by atoms with Crippen LogP contribution in [0, 0.1) is 5.41 Å². The second kappa shape index (κ2) is 7.75. The highest BCUT2D eigenvalue weighted by atomic mass is 16.2. The Morgan fingerprint density at radius 1 is 1.26 bits per heavy atom. The molecule has 3 heterocycles. The first-order chi connectivity index (χ1) is 16.2. The molecule has 5 rings (SSSR count). The molecule has 3 aliphatic rings. The number of ketones is 1. The lowest BCUT2D eigenvalue weighted by atomic mass is 9.59. The molecular weight excluding hydrogens is 428 g/mol. The first-order valence-corrected chi connectivity index (χ1v) is 11.7. The van der Waals surface area contributed by atoms with Crippen molar-refractivity contribution >= 4 is 17.4 Å². The van der Waals surface area contributed by atoms with Crippen LogP contribution in [0.1, 0.15) is 56.1 Å². The number of carbonyl (C=O) groups excluding carboxylic acids is 2. The summed E-state index contributed by atoms with van der Waals surface area (Å²) in [5.74, 6) is -0.0258. The summed E-state index contributed by atoms with van der Waals surface area (Å²) in [5, 5.41) is 16.4. The Kier molecular flexibility index (Phi) is 5.07. The van der Waals surface area contributed by atoms with Gasteiger partial charge in [-0.2, -0.15) is 15.3 Å². The van der Waals surface area contributed by atoms with Gasteiger partial charge in [-0.3, -0.25) is 14.3 Å². The largest absolute Gasteiger partial charge is 0.362 e. The lowest BCUT2D eigenvalue weighted by Crippen LogP contribution is -2.51. The van der Waals surface area contributed by atoms with Crippen LogP contribution in [-0.2, 0) is 17.3 Å². The van der Waals surface area contributed by atoms with Crippen molar-refractivity contribution in [1.82, 2.24) is 15.1 Å². The van der Waals surface area contributed by atoms with Gasteiger partial charge >= 0.3 is 0 Å². The molecule has 1 N–H and O–H groups in total. The van der Waals surface area contributed by atoms with Gasteiger partial charge in [0.15, 0.2) is 17.6 Å². The van der Waals surface area contributed by atoms with E-state index >= 15 is 0 Å². The van der Waals surface area contributed by atoms with E-state index in [0.29, 0.717) is 18.5 Å². The Balaban J connectivity index is 1.64. The zero-order valence-corrected chi connectivity index (χ0v) is 20.3. The van der Waals surface area contributed by atoms with Crippen molar-refractivity contribution < 1.29 is 9.59 Å². The number of amides is 1. The van der Waals surface area contributed by atoms with Gasteiger partial charge in [0.1, 0.15) is 0 Å². The van der Waals surface area contributed by atoms with Crippen molar-refractivity contribution in [3.05, 3.63) is 70.8 Å². The van der Waals surface area contributed by atoms with E-state index in [0.717, 1.165) is 34.5 Å². The van der Waals surface area contributed by atoms with E-state index in [2.05, 4.69) is 41.4 Å². The molecule has 34 heavy (non-hydrogen) atoms. The van der Waals surface area contributed by atoms with Crippen molar-refractivity contribution in [3.8, 4) is 0 Å². The van der Waals surface area contributed by atoms with Crippen LogP contribution in [0.5, 0.6) is 0 Å². The third-order valence-corrected chi connectivity index (χ3v) is 7.27. The normalized spacial score (nSPS) is 24.9. The highest BCUT2D eigenvalue weighted by Gasteiger charge is 2.53. The van der Waals surface area contributed by atoms with Crippen molar-refractivity contribution in [2.75, 3.05) is 11.9 Å². The molecule has 1 amide bonds. The Hall–Kier alpha value is -3.55. The van der Waals surface area contributed by atoms with Gasteiger partial charge in [-0.1, -0.05) is 32.9 Å². The number of aryl methyl sites for hydroxylation is 1. The van der Waals surface area contributed by atoms with Gasteiger partial charge in [-0.05, 0) is 42.0 Å². The van der Waals surface area contributed by atoms with Crippen molar-refractivity contribution in [2.24, 2.45) is 22.7 Å². The van der Waals surface area contributed by atoms with Gasteiger partial charge in [0.2, 0.25) is 0 Å². The number of anilines is 1. The summed E-state index contributed by atoms with van der Waals surface area (Å²) >= 11 is 0. The van der Waals surface area contributed by atoms with Crippen LogP contribution in [0.15, 0.2) is 69.8 Å². The average molecular weight is 459 g/mol. The van der Waals surface area contributed by atoms with Gasteiger partial charge in [0.05, 0.1) is 11.6 Å².